The van der Waals surface area contributed by atoms with E-state index in [1.54, 1.807) is 0 Å². The fourth-order valence-corrected chi connectivity index (χ4v) is 7.45. The van der Waals surface area contributed by atoms with Gasteiger partial charge in [0.25, 0.3) is 0 Å². The fraction of sp³-hybridized carbons (Fsp3) is 0.0465. The van der Waals surface area contributed by atoms with Gasteiger partial charge < -0.3 is 8.98 Å². The minimum Gasteiger partial charge on any atom is -0.455 e. The molecule has 3 aromatic heterocycles. The molecule has 0 saturated carbocycles. The molecule has 0 amide bonds. The molecule has 3 heterocycles. The third-order valence-corrected chi connectivity index (χ3v) is 9.63. The Balaban J connectivity index is 1.30. The van der Waals surface area contributed by atoms with Crippen molar-refractivity contribution in [3.8, 4) is 22.8 Å². The Morgan fingerprint density at radius 1 is 0.521 bits per heavy atom. The molecule has 0 fully saturated rings. The molecule has 5 heteroatoms. The predicted molar refractivity (Wildman–Crippen MR) is 195 cm³/mol. The van der Waals surface area contributed by atoms with Crippen LogP contribution in [0.15, 0.2) is 162 Å². The van der Waals surface area contributed by atoms with Crippen LogP contribution in [-0.2, 0) is 0 Å². The van der Waals surface area contributed by atoms with Crippen LogP contribution in [0.25, 0.3) is 77.8 Å². The Hall–Kier alpha value is -6.33. The van der Waals surface area contributed by atoms with Crippen LogP contribution in [0.4, 0.5) is 0 Å². The van der Waals surface area contributed by atoms with Gasteiger partial charge in [0.1, 0.15) is 11.2 Å². The number of hydrogen-bond donors (Lipinski definition) is 0. The number of furan rings is 1. The first-order chi connectivity index (χ1) is 23.8. The average molecular weight is 617 g/mol. The lowest BCUT2D eigenvalue weighted by molar-refractivity contribution is 0.657. The number of rotatable bonds is 4. The minimum absolute atomic E-state index is 0.0911. The lowest BCUT2D eigenvalue weighted by Gasteiger charge is -2.31. The summed E-state index contributed by atoms with van der Waals surface area (Å²) in [5, 5.41) is 4.55. The van der Waals surface area contributed by atoms with E-state index in [0.717, 1.165) is 55.4 Å². The number of para-hydroxylation sites is 4. The quantitative estimate of drug-likeness (QED) is 0.197. The highest BCUT2D eigenvalue weighted by Gasteiger charge is 2.32. The Kier molecular flexibility index (Phi) is 5.93. The van der Waals surface area contributed by atoms with Crippen LogP contribution in [0.3, 0.4) is 0 Å². The second-order valence-electron chi connectivity index (χ2n) is 12.4. The summed E-state index contributed by atoms with van der Waals surface area (Å²) in [4.78, 5) is 15.6. The summed E-state index contributed by atoms with van der Waals surface area (Å²) in [5.74, 6) is 2.13. The summed E-state index contributed by atoms with van der Waals surface area (Å²) in [6.45, 7) is 0. The van der Waals surface area contributed by atoms with Gasteiger partial charge in [-0.1, -0.05) is 134 Å². The maximum absolute atomic E-state index is 6.47. The molecule has 0 N–H and O–H groups in total. The van der Waals surface area contributed by atoms with Crippen molar-refractivity contribution in [2.45, 2.75) is 0 Å². The summed E-state index contributed by atoms with van der Waals surface area (Å²) >= 11 is 0. The van der Waals surface area contributed by atoms with Crippen molar-refractivity contribution >= 4 is 55.0 Å². The van der Waals surface area contributed by atoms with Gasteiger partial charge in [0.2, 0.25) is 0 Å². The normalized spacial score (nSPS) is 17.2. The summed E-state index contributed by atoms with van der Waals surface area (Å²) < 4.78 is 8.90. The fourth-order valence-electron chi connectivity index (χ4n) is 7.45. The molecule has 48 heavy (non-hydrogen) atoms. The van der Waals surface area contributed by atoms with Crippen LogP contribution in [0.1, 0.15) is 5.82 Å². The molecule has 0 saturated heterocycles. The van der Waals surface area contributed by atoms with E-state index in [1.165, 1.54) is 10.8 Å². The molecule has 2 unspecified atom stereocenters. The van der Waals surface area contributed by atoms with Crippen LogP contribution in [0.5, 0.6) is 0 Å². The van der Waals surface area contributed by atoms with Gasteiger partial charge in [0, 0.05) is 50.2 Å². The number of aromatic nitrogens is 4. The predicted octanol–water partition coefficient (Wildman–Crippen LogP) is 10.5. The zero-order valence-electron chi connectivity index (χ0n) is 25.9. The van der Waals surface area contributed by atoms with Gasteiger partial charge in [-0.15, -0.1) is 0 Å². The third-order valence-electron chi connectivity index (χ3n) is 9.63. The Morgan fingerprint density at radius 2 is 1.17 bits per heavy atom. The van der Waals surface area contributed by atoms with Gasteiger partial charge in [-0.2, -0.15) is 0 Å². The monoisotopic (exact) mass is 616 g/mol. The molecule has 8 aromatic rings. The summed E-state index contributed by atoms with van der Waals surface area (Å²) in [5.41, 5.74) is 7.82. The minimum atomic E-state index is 0.0911. The van der Waals surface area contributed by atoms with Crippen molar-refractivity contribution in [3.05, 3.63) is 164 Å². The molecule has 0 aliphatic heterocycles. The van der Waals surface area contributed by atoms with Crippen molar-refractivity contribution in [3.63, 3.8) is 0 Å². The zero-order chi connectivity index (χ0) is 31.6. The molecule has 10 rings (SSSR count). The SMILES string of the molecule is C1=CC2C=CC(c3nc(-c4ccccc4)nc(-c4cccc5c4oc4ccccc45)n3)=C(n3c4ccccc4c4ccccc43)C2C=C1. The number of nitrogens with zero attached hydrogens (tertiary/aromatic N) is 4. The van der Waals surface area contributed by atoms with Crippen LogP contribution in [-0.4, -0.2) is 19.5 Å². The lowest BCUT2D eigenvalue weighted by Crippen LogP contribution is -2.21. The highest BCUT2D eigenvalue weighted by Crippen LogP contribution is 2.45. The van der Waals surface area contributed by atoms with Gasteiger partial charge in [-0.25, -0.2) is 15.0 Å². The smallest absolute Gasteiger partial charge is 0.167 e. The van der Waals surface area contributed by atoms with E-state index in [9.17, 15) is 0 Å². The standard InChI is InChI=1S/C43H28N4O/c1-2-14-28(15-3-1)41-44-42(46-43(45-41)35-21-12-20-33-32-19-8-11-24-38(32)48-40(33)35)34-26-25-27-13-4-5-16-29(27)39(34)47-36-22-9-6-17-30(36)31-18-7-10-23-37(31)47/h1-27,29H. The van der Waals surface area contributed by atoms with E-state index in [0.29, 0.717) is 17.5 Å². The van der Waals surface area contributed by atoms with Gasteiger partial charge >= 0.3 is 0 Å². The Bertz CT molecular complexity index is 2640. The molecule has 0 bridgehead atoms. The highest BCUT2D eigenvalue weighted by atomic mass is 16.3. The molecule has 0 radical (unpaired) electrons. The molecule has 2 aliphatic rings. The molecular weight excluding hydrogens is 589 g/mol. The molecule has 5 aromatic carbocycles. The topological polar surface area (TPSA) is 56.7 Å². The molecular formula is C43H28N4O. The van der Waals surface area contributed by atoms with Crippen molar-refractivity contribution in [1.82, 2.24) is 19.5 Å². The molecule has 0 spiro atoms. The molecule has 226 valence electrons. The van der Waals surface area contributed by atoms with Gasteiger partial charge in [-0.05, 0) is 24.3 Å². The Labute approximate surface area is 276 Å². The first-order valence-corrected chi connectivity index (χ1v) is 16.3. The molecule has 5 nitrogen and oxygen atoms in total. The highest BCUT2D eigenvalue weighted by molar-refractivity contribution is 6.12. The zero-order valence-corrected chi connectivity index (χ0v) is 25.9. The van der Waals surface area contributed by atoms with Crippen LogP contribution in [0.2, 0.25) is 0 Å². The first-order valence-electron chi connectivity index (χ1n) is 16.3. The van der Waals surface area contributed by atoms with Crippen molar-refractivity contribution in [2.75, 3.05) is 0 Å². The number of allylic oxidation sites excluding steroid dienone is 8. The van der Waals surface area contributed by atoms with Crippen LogP contribution in [0, 0.1) is 11.8 Å². The Morgan fingerprint density at radius 3 is 1.98 bits per heavy atom. The number of hydrogen-bond acceptors (Lipinski definition) is 4. The second kappa shape index (κ2) is 10.6. The summed E-state index contributed by atoms with van der Waals surface area (Å²) in [6.07, 6.45) is 13.4. The van der Waals surface area contributed by atoms with Crippen molar-refractivity contribution < 1.29 is 4.42 Å². The van der Waals surface area contributed by atoms with E-state index >= 15 is 0 Å². The number of benzene rings is 5. The largest absolute Gasteiger partial charge is 0.455 e. The lowest BCUT2D eigenvalue weighted by atomic mass is 9.79. The van der Waals surface area contributed by atoms with Crippen molar-refractivity contribution in [2.24, 2.45) is 11.8 Å². The van der Waals surface area contributed by atoms with Gasteiger partial charge in [0.05, 0.1) is 16.6 Å². The summed E-state index contributed by atoms with van der Waals surface area (Å²) in [7, 11) is 0. The maximum atomic E-state index is 6.47. The average Bonchev–Trinajstić information content (AvgIpc) is 3.70. The van der Waals surface area contributed by atoms with Crippen molar-refractivity contribution in [1.29, 1.82) is 0 Å². The van der Waals surface area contributed by atoms with Crippen LogP contribution < -0.4 is 0 Å². The van der Waals surface area contributed by atoms with Gasteiger partial charge in [0.15, 0.2) is 17.5 Å². The maximum Gasteiger partial charge on any atom is 0.167 e. The first kappa shape index (κ1) is 26.8. The molecule has 2 aliphatic carbocycles. The van der Waals surface area contributed by atoms with Crippen LogP contribution >= 0.6 is 0 Å². The van der Waals surface area contributed by atoms with Gasteiger partial charge in [-0.3, -0.25) is 0 Å². The third kappa shape index (κ3) is 4.07. The molecule has 2 atom stereocenters. The van der Waals surface area contributed by atoms with E-state index in [-0.39, 0.29) is 11.8 Å². The van der Waals surface area contributed by atoms with E-state index in [2.05, 4.69) is 108 Å². The van der Waals surface area contributed by atoms with E-state index in [1.807, 2.05) is 54.6 Å². The number of fused-ring (bicyclic) bond motifs is 7. The van der Waals surface area contributed by atoms with E-state index < -0.39 is 0 Å². The van der Waals surface area contributed by atoms with E-state index in [4.69, 9.17) is 19.4 Å². The second-order valence-corrected chi connectivity index (χ2v) is 12.4. The summed E-state index contributed by atoms with van der Waals surface area (Å²) in [6, 6.07) is 41.8.